The number of methoxy groups -OCH3 is 1. The molecule has 0 aliphatic heterocycles. The van der Waals surface area contributed by atoms with Crippen molar-refractivity contribution >= 4 is 29.9 Å². The van der Waals surface area contributed by atoms with Crippen molar-refractivity contribution in [1.29, 1.82) is 0 Å². The van der Waals surface area contributed by atoms with Crippen LogP contribution < -0.4 is 5.73 Å². The minimum Gasteiger partial charge on any atom is -0.383 e. The minimum absolute atomic E-state index is 0. The molecule has 1 aromatic carbocycles. The van der Waals surface area contributed by atoms with E-state index in [0.717, 1.165) is 5.56 Å². The van der Waals surface area contributed by atoms with Crippen molar-refractivity contribution < 1.29 is 9.53 Å². The molecule has 2 atom stereocenters. The molecule has 4 nitrogen and oxygen atoms in total. The molecule has 19 heavy (non-hydrogen) atoms. The summed E-state index contributed by atoms with van der Waals surface area (Å²) >= 11 is 5.83. The summed E-state index contributed by atoms with van der Waals surface area (Å²) in [6.45, 7) is 2.16. The maximum atomic E-state index is 12.0. The minimum atomic E-state index is -0.630. The summed E-state index contributed by atoms with van der Waals surface area (Å²) in [5.41, 5.74) is 6.75. The number of carbonyl (C=O) groups is 1. The molecule has 1 aromatic rings. The number of likely N-dealkylation sites (N-methyl/N-ethyl adjacent to an activating group) is 1. The van der Waals surface area contributed by atoms with Gasteiger partial charge in [0.05, 0.1) is 12.6 Å². The lowest BCUT2D eigenvalue weighted by Crippen LogP contribution is -2.45. The van der Waals surface area contributed by atoms with Crippen LogP contribution in [-0.4, -0.2) is 37.6 Å². The zero-order chi connectivity index (χ0) is 13.7. The number of benzene rings is 1. The smallest absolute Gasteiger partial charge is 0.242 e. The first-order valence-electron chi connectivity index (χ1n) is 5.74. The van der Waals surface area contributed by atoms with E-state index in [1.165, 1.54) is 7.11 Å². The van der Waals surface area contributed by atoms with Gasteiger partial charge in [0.15, 0.2) is 0 Å². The van der Waals surface area contributed by atoms with Crippen LogP contribution in [0.4, 0.5) is 0 Å². The molecule has 2 unspecified atom stereocenters. The number of nitrogens with zero attached hydrogens (tertiary/aromatic N) is 1. The van der Waals surface area contributed by atoms with Crippen LogP contribution in [0.3, 0.4) is 0 Å². The maximum Gasteiger partial charge on any atom is 0.242 e. The Morgan fingerprint density at radius 2 is 1.95 bits per heavy atom. The average molecular weight is 307 g/mol. The van der Waals surface area contributed by atoms with Gasteiger partial charge in [0.1, 0.15) is 6.04 Å². The highest BCUT2D eigenvalue weighted by molar-refractivity contribution is 6.30. The van der Waals surface area contributed by atoms with Gasteiger partial charge in [-0.05, 0) is 24.6 Å². The van der Waals surface area contributed by atoms with Gasteiger partial charge in [0, 0.05) is 19.2 Å². The molecule has 0 heterocycles. The number of hydrogen-bond acceptors (Lipinski definition) is 3. The molecule has 6 heteroatoms. The number of halogens is 2. The van der Waals surface area contributed by atoms with Crippen LogP contribution in [0.15, 0.2) is 24.3 Å². The second-order valence-corrected chi connectivity index (χ2v) is 4.67. The Labute approximate surface area is 125 Å². The molecule has 0 spiro atoms. The summed E-state index contributed by atoms with van der Waals surface area (Å²) in [7, 11) is 3.26. The Kier molecular flexibility index (Phi) is 8.02. The van der Waals surface area contributed by atoms with Crippen molar-refractivity contribution in [3.63, 3.8) is 0 Å². The van der Waals surface area contributed by atoms with Gasteiger partial charge in [0.25, 0.3) is 0 Å². The second kappa shape index (κ2) is 8.38. The zero-order valence-corrected chi connectivity index (χ0v) is 12.9. The van der Waals surface area contributed by atoms with Gasteiger partial charge in [-0.15, -0.1) is 12.4 Å². The molecule has 0 fully saturated rings. The molecule has 0 saturated carbocycles. The summed E-state index contributed by atoms with van der Waals surface area (Å²) in [5.74, 6) is -0.140. The van der Waals surface area contributed by atoms with E-state index in [1.807, 2.05) is 19.1 Å². The number of ether oxygens (including phenoxy) is 1. The standard InChI is InChI=1S/C13H19ClN2O2.ClH/c1-9(10-4-6-11(14)7-5-10)16(2)13(17)12(15)8-18-3;/h4-7,9,12H,8,15H2,1-3H3;1H. The van der Waals surface area contributed by atoms with Crippen molar-refractivity contribution in [3.05, 3.63) is 34.9 Å². The SMILES string of the molecule is COCC(N)C(=O)N(C)C(C)c1ccc(Cl)cc1.Cl. The summed E-state index contributed by atoms with van der Waals surface area (Å²) < 4.78 is 4.89. The van der Waals surface area contributed by atoms with Gasteiger partial charge < -0.3 is 15.4 Å². The summed E-state index contributed by atoms with van der Waals surface area (Å²) in [5, 5.41) is 0.677. The quantitative estimate of drug-likeness (QED) is 0.908. The molecular formula is C13H20Cl2N2O2. The molecular weight excluding hydrogens is 287 g/mol. The van der Waals surface area contributed by atoms with Gasteiger partial charge in [-0.2, -0.15) is 0 Å². The maximum absolute atomic E-state index is 12.0. The number of hydrogen-bond donors (Lipinski definition) is 1. The summed E-state index contributed by atoms with van der Waals surface area (Å²) in [6.07, 6.45) is 0. The molecule has 1 amide bonds. The summed E-state index contributed by atoms with van der Waals surface area (Å²) in [6, 6.07) is 6.73. The third-order valence-corrected chi connectivity index (χ3v) is 3.20. The first-order chi connectivity index (χ1) is 8.47. The highest BCUT2D eigenvalue weighted by atomic mass is 35.5. The Morgan fingerprint density at radius 3 is 2.42 bits per heavy atom. The number of amides is 1. The predicted molar refractivity (Wildman–Crippen MR) is 79.7 cm³/mol. The van der Waals surface area contributed by atoms with Crippen LogP contribution in [0.5, 0.6) is 0 Å². The zero-order valence-electron chi connectivity index (χ0n) is 11.3. The van der Waals surface area contributed by atoms with Crippen LogP contribution in [0.25, 0.3) is 0 Å². The lowest BCUT2D eigenvalue weighted by Gasteiger charge is -2.27. The van der Waals surface area contributed by atoms with Gasteiger partial charge >= 0.3 is 0 Å². The monoisotopic (exact) mass is 306 g/mol. The van der Waals surface area contributed by atoms with Crippen molar-refractivity contribution in [2.24, 2.45) is 5.73 Å². The van der Waals surface area contributed by atoms with Crippen LogP contribution in [0, 0.1) is 0 Å². The summed E-state index contributed by atoms with van der Waals surface area (Å²) in [4.78, 5) is 13.6. The Bertz CT molecular complexity index is 398. The lowest BCUT2D eigenvalue weighted by molar-refractivity contribution is -0.134. The van der Waals surface area contributed by atoms with Crippen molar-refractivity contribution in [1.82, 2.24) is 4.90 Å². The van der Waals surface area contributed by atoms with E-state index in [1.54, 1.807) is 24.1 Å². The average Bonchev–Trinajstić information content (AvgIpc) is 2.37. The highest BCUT2D eigenvalue weighted by Crippen LogP contribution is 2.21. The molecule has 1 rings (SSSR count). The van der Waals surface area contributed by atoms with Gasteiger partial charge in [0.2, 0.25) is 5.91 Å². The number of carbonyl (C=O) groups excluding carboxylic acids is 1. The van der Waals surface area contributed by atoms with E-state index in [9.17, 15) is 4.79 Å². The largest absolute Gasteiger partial charge is 0.383 e. The molecule has 0 radical (unpaired) electrons. The van der Waals surface area contributed by atoms with Crippen molar-refractivity contribution in [3.8, 4) is 0 Å². The first kappa shape index (κ1) is 18.2. The van der Waals surface area contributed by atoms with E-state index in [4.69, 9.17) is 22.1 Å². The van der Waals surface area contributed by atoms with E-state index in [0.29, 0.717) is 5.02 Å². The Morgan fingerprint density at radius 1 is 1.42 bits per heavy atom. The second-order valence-electron chi connectivity index (χ2n) is 4.24. The van der Waals surface area contributed by atoms with Crippen LogP contribution in [0.2, 0.25) is 5.02 Å². The molecule has 2 N–H and O–H groups in total. The van der Waals surface area contributed by atoms with Crippen molar-refractivity contribution in [2.45, 2.75) is 19.0 Å². The third-order valence-electron chi connectivity index (χ3n) is 2.94. The van der Waals surface area contributed by atoms with E-state index >= 15 is 0 Å². The van der Waals surface area contributed by atoms with Crippen LogP contribution >= 0.6 is 24.0 Å². The fourth-order valence-electron chi connectivity index (χ4n) is 1.67. The Hall–Kier alpha value is -0.810. The fraction of sp³-hybridized carbons (Fsp3) is 0.462. The van der Waals surface area contributed by atoms with Crippen LogP contribution in [0.1, 0.15) is 18.5 Å². The number of rotatable bonds is 5. The first-order valence-corrected chi connectivity index (χ1v) is 6.11. The van der Waals surface area contributed by atoms with Crippen LogP contribution in [-0.2, 0) is 9.53 Å². The molecule has 0 aromatic heterocycles. The fourth-order valence-corrected chi connectivity index (χ4v) is 1.79. The molecule has 0 aliphatic carbocycles. The molecule has 0 aliphatic rings. The normalized spacial score (nSPS) is 13.3. The third kappa shape index (κ3) is 4.99. The van der Waals surface area contributed by atoms with Gasteiger partial charge in [-0.1, -0.05) is 23.7 Å². The van der Waals surface area contributed by atoms with E-state index < -0.39 is 6.04 Å². The topological polar surface area (TPSA) is 55.6 Å². The molecule has 0 bridgehead atoms. The van der Waals surface area contributed by atoms with E-state index in [-0.39, 0.29) is 31.0 Å². The molecule has 108 valence electrons. The Balaban J connectivity index is 0.00000324. The predicted octanol–water partition coefficient (Wildman–Crippen LogP) is 2.25. The van der Waals surface area contributed by atoms with Gasteiger partial charge in [-0.3, -0.25) is 4.79 Å². The molecule has 0 saturated heterocycles. The van der Waals surface area contributed by atoms with E-state index in [2.05, 4.69) is 0 Å². The highest BCUT2D eigenvalue weighted by Gasteiger charge is 2.22. The number of nitrogens with two attached hydrogens (primary N) is 1. The van der Waals surface area contributed by atoms with Gasteiger partial charge in [-0.25, -0.2) is 0 Å². The van der Waals surface area contributed by atoms with Crippen molar-refractivity contribution in [2.75, 3.05) is 20.8 Å². The lowest BCUT2D eigenvalue weighted by atomic mass is 10.1.